The summed E-state index contributed by atoms with van der Waals surface area (Å²) in [5.74, 6) is -0.254. The van der Waals surface area contributed by atoms with Crippen molar-refractivity contribution in [2.45, 2.75) is 24.0 Å². The summed E-state index contributed by atoms with van der Waals surface area (Å²) in [6, 6.07) is 64.2. The highest BCUT2D eigenvalue weighted by atomic mass is 28.4. The van der Waals surface area contributed by atoms with Crippen LogP contribution in [0.2, 0.25) is 0 Å². The summed E-state index contributed by atoms with van der Waals surface area (Å²) in [4.78, 5) is 30.5. The van der Waals surface area contributed by atoms with Crippen LogP contribution in [0.15, 0.2) is 182 Å². The third-order valence-electron chi connectivity index (χ3n) is 10.4. The second-order valence-corrected chi connectivity index (χ2v) is 21.3. The van der Waals surface area contributed by atoms with Crippen molar-refractivity contribution >= 4 is 59.1 Å². The summed E-state index contributed by atoms with van der Waals surface area (Å²) in [5.41, 5.74) is 6.93. The lowest BCUT2D eigenvalue weighted by Gasteiger charge is -2.62. The maximum absolute atomic E-state index is 14.9. The molecular weight excluding hydrogens is 633 g/mol. The molecule has 1 aliphatic heterocycles. The van der Waals surface area contributed by atoms with Crippen LogP contribution in [0.4, 0.5) is 0 Å². The van der Waals surface area contributed by atoms with Gasteiger partial charge in [-0.2, -0.15) is 0 Å². The van der Waals surface area contributed by atoms with Gasteiger partial charge in [-0.1, -0.05) is 182 Å². The van der Waals surface area contributed by atoms with Crippen LogP contribution < -0.4 is 36.9 Å². The van der Waals surface area contributed by atoms with E-state index in [1.807, 2.05) is 36.4 Å². The molecule has 7 rings (SSSR count). The lowest BCUT2D eigenvalue weighted by Crippen LogP contribution is -2.98. The molecule has 0 aliphatic carbocycles. The van der Waals surface area contributed by atoms with Crippen molar-refractivity contribution in [1.82, 2.24) is 4.90 Å². The third-order valence-corrected chi connectivity index (χ3v) is 23.3. The molecule has 4 nitrogen and oxygen atoms in total. The number of amides is 2. The Balaban J connectivity index is 1.86. The van der Waals surface area contributed by atoms with Gasteiger partial charge in [0.25, 0.3) is 0 Å². The summed E-state index contributed by atoms with van der Waals surface area (Å²) in [7, 11) is -7.18. The highest BCUT2D eigenvalue weighted by molar-refractivity contribution is 7.29. The minimum Gasteiger partial charge on any atom is -0.330 e. The van der Waals surface area contributed by atoms with Crippen LogP contribution in [-0.4, -0.2) is 44.2 Å². The molecule has 0 aromatic heterocycles. The summed E-state index contributed by atoms with van der Waals surface area (Å²) >= 11 is 0. The molecular formula is C43H40N2O2Si2. The quantitative estimate of drug-likeness (QED) is 0.130. The molecule has 6 heteroatoms. The molecule has 0 atom stereocenters. The fraction of sp³-hybridized carbons (Fsp3) is 0.116. The molecule has 0 saturated carbocycles. The molecule has 242 valence electrons. The van der Waals surface area contributed by atoms with E-state index in [0.717, 1.165) is 31.1 Å². The smallest absolute Gasteiger partial charge is 0.229 e. The Morgan fingerprint density at radius 3 is 0.857 bits per heavy atom. The number of benzene rings is 6. The van der Waals surface area contributed by atoms with Crippen molar-refractivity contribution in [2.75, 3.05) is 6.54 Å². The number of nitrogens with two attached hydrogens (primary N) is 1. The maximum atomic E-state index is 14.9. The summed E-state index contributed by atoms with van der Waals surface area (Å²) in [6.45, 7) is 0.277. The number of hydrogen-bond donors (Lipinski definition) is 1. The van der Waals surface area contributed by atoms with Gasteiger partial charge in [0.15, 0.2) is 16.1 Å². The highest BCUT2D eigenvalue weighted by Gasteiger charge is 2.73. The summed E-state index contributed by atoms with van der Waals surface area (Å²) in [5, 5.41) is 6.79. The van der Waals surface area contributed by atoms with Crippen LogP contribution in [-0.2, 0) is 9.59 Å². The van der Waals surface area contributed by atoms with E-state index in [0.29, 0.717) is 6.42 Å². The lowest BCUT2D eigenvalue weighted by atomic mass is 10.3. The molecule has 2 amide bonds. The first kappa shape index (κ1) is 32.4. The number of nitrogens with zero attached hydrogens (tertiary/aromatic N) is 1. The Labute approximate surface area is 290 Å². The van der Waals surface area contributed by atoms with Crippen LogP contribution in [0.25, 0.3) is 0 Å². The monoisotopic (exact) mass is 672 g/mol. The van der Waals surface area contributed by atoms with E-state index in [2.05, 4.69) is 146 Å². The number of rotatable bonds is 11. The van der Waals surface area contributed by atoms with E-state index in [4.69, 9.17) is 5.73 Å². The van der Waals surface area contributed by atoms with Gasteiger partial charge in [0.2, 0.25) is 11.8 Å². The molecule has 1 saturated heterocycles. The van der Waals surface area contributed by atoms with Gasteiger partial charge in [-0.05, 0) is 44.1 Å². The number of carbonyl (C=O) groups excluding carboxylic acids is 2. The molecule has 6 aromatic rings. The minimum absolute atomic E-state index is 0.127. The van der Waals surface area contributed by atoms with Crippen LogP contribution >= 0.6 is 0 Å². The van der Waals surface area contributed by atoms with Crippen molar-refractivity contribution in [2.24, 2.45) is 5.73 Å². The molecule has 6 aromatic carbocycles. The Morgan fingerprint density at radius 1 is 0.429 bits per heavy atom. The Hall–Kier alpha value is -5.15. The van der Waals surface area contributed by atoms with Gasteiger partial charge in [-0.25, -0.2) is 0 Å². The second-order valence-electron chi connectivity index (χ2n) is 12.7. The average Bonchev–Trinajstić information content (AvgIpc) is 3.52. The zero-order valence-electron chi connectivity index (χ0n) is 27.5. The Morgan fingerprint density at radius 2 is 0.653 bits per heavy atom. The van der Waals surface area contributed by atoms with Gasteiger partial charge in [-0.3, -0.25) is 14.5 Å². The van der Waals surface area contributed by atoms with Gasteiger partial charge in [0.1, 0.15) is 0 Å². The second kappa shape index (κ2) is 13.8. The van der Waals surface area contributed by atoms with Gasteiger partial charge in [-0.15, -0.1) is 0 Å². The maximum Gasteiger partial charge on any atom is 0.229 e. The van der Waals surface area contributed by atoms with E-state index in [1.165, 1.54) is 0 Å². The normalized spacial score (nSPS) is 13.9. The van der Waals surface area contributed by atoms with Crippen LogP contribution in [0.5, 0.6) is 0 Å². The van der Waals surface area contributed by atoms with Gasteiger partial charge >= 0.3 is 0 Å². The molecule has 0 radical (unpaired) electrons. The molecule has 0 spiro atoms. The lowest BCUT2D eigenvalue weighted by molar-refractivity contribution is -0.140. The van der Waals surface area contributed by atoms with Crippen molar-refractivity contribution in [3.05, 3.63) is 182 Å². The topological polar surface area (TPSA) is 63.4 Å². The molecule has 1 heterocycles. The highest BCUT2D eigenvalue weighted by Crippen LogP contribution is 2.42. The molecule has 2 N–H and O–H groups in total. The first-order valence-corrected chi connectivity index (χ1v) is 21.0. The number of imide groups is 1. The van der Waals surface area contributed by atoms with E-state index in [-0.39, 0.29) is 31.2 Å². The van der Waals surface area contributed by atoms with E-state index in [1.54, 1.807) is 4.90 Å². The average molecular weight is 673 g/mol. The Kier molecular flexibility index (Phi) is 9.10. The molecule has 0 unspecified atom stereocenters. The van der Waals surface area contributed by atoms with Crippen molar-refractivity contribution < 1.29 is 9.59 Å². The van der Waals surface area contributed by atoms with Gasteiger partial charge < -0.3 is 5.73 Å². The van der Waals surface area contributed by atoms with Crippen LogP contribution in [0.1, 0.15) is 19.3 Å². The fourth-order valence-electron chi connectivity index (χ4n) is 8.88. The van der Waals surface area contributed by atoms with Gasteiger partial charge in [0.05, 0.1) is 4.79 Å². The standard InChI is InChI=1S/C43H40N2O2Si2/c44-34-33-43(45-41(46)31-32-42(45)47,48(35-19-7-1-8-20-35,36-21-9-2-10-22-36)37-23-11-3-12-24-37)49(38-25-13-4-14-26-38,39-27-15-5-16-28-39)40-29-17-6-18-30-40/h1-30H,31-34,44H2. The first-order valence-electron chi connectivity index (χ1n) is 17.0. The minimum atomic E-state index is -3.59. The number of carbonyl (C=O) groups is 2. The Bertz CT molecular complexity index is 1670. The molecule has 0 bridgehead atoms. The van der Waals surface area contributed by atoms with Crippen LogP contribution in [0, 0.1) is 0 Å². The third kappa shape index (κ3) is 4.98. The zero-order valence-corrected chi connectivity index (χ0v) is 29.5. The van der Waals surface area contributed by atoms with Gasteiger partial charge in [0, 0.05) is 12.8 Å². The number of hydrogen-bond acceptors (Lipinski definition) is 3. The summed E-state index contributed by atoms with van der Waals surface area (Å²) in [6.07, 6.45) is 0.772. The van der Waals surface area contributed by atoms with E-state index >= 15 is 0 Å². The van der Waals surface area contributed by atoms with Crippen molar-refractivity contribution in [1.29, 1.82) is 0 Å². The van der Waals surface area contributed by atoms with E-state index < -0.39 is 20.9 Å². The van der Waals surface area contributed by atoms with E-state index in [9.17, 15) is 9.59 Å². The molecule has 1 aliphatic rings. The largest absolute Gasteiger partial charge is 0.330 e. The van der Waals surface area contributed by atoms with Crippen LogP contribution in [0.3, 0.4) is 0 Å². The molecule has 49 heavy (non-hydrogen) atoms. The number of likely N-dealkylation sites (tertiary alicyclic amines) is 1. The molecule has 1 fully saturated rings. The zero-order chi connectivity index (χ0) is 33.7. The first-order chi connectivity index (χ1) is 24.1. The SMILES string of the molecule is NCCC(N1C(=O)CCC1=O)([Si](c1ccccc1)(c1ccccc1)c1ccccc1)[Si](c1ccccc1)(c1ccccc1)c1ccccc1. The predicted molar refractivity (Wildman–Crippen MR) is 205 cm³/mol. The fourth-order valence-corrected chi connectivity index (χ4v) is 25.0. The predicted octanol–water partition coefficient (Wildman–Crippen LogP) is 3.64. The van der Waals surface area contributed by atoms with Crippen molar-refractivity contribution in [3.8, 4) is 0 Å². The summed E-state index contributed by atoms with van der Waals surface area (Å²) < 4.78 is 0. The van der Waals surface area contributed by atoms with Crippen molar-refractivity contribution in [3.63, 3.8) is 0 Å².